The van der Waals surface area contributed by atoms with E-state index in [0.29, 0.717) is 11.5 Å². The molecule has 4 aromatic rings. The van der Waals surface area contributed by atoms with Gasteiger partial charge in [-0.15, -0.1) is 6.58 Å². The van der Waals surface area contributed by atoms with E-state index in [2.05, 4.69) is 28.9 Å². The van der Waals surface area contributed by atoms with Gasteiger partial charge in [-0.25, -0.2) is 17.9 Å². The van der Waals surface area contributed by atoms with Gasteiger partial charge in [-0.1, -0.05) is 61.5 Å². The summed E-state index contributed by atoms with van der Waals surface area (Å²) < 4.78 is 46.3. The highest BCUT2D eigenvalue weighted by molar-refractivity contribution is 7.90. The summed E-state index contributed by atoms with van der Waals surface area (Å²) >= 11 is 0. The lowest BCUT2D eigenvalue weighted by atomic mass is 9.92. The second-order valence-electron chi connectivity index (χ2n) is 16.5. The number of nitrogens with zero attached hydrogens (tertiary/aromatic N) is 1. The van der Waals surface area contributed by atoms with Crippen LogP contribution in [0.5, 0.6) is 11.5 Å². The fourth-order valence-electron chi connectivity index (χ4n) is 7.97. The molecular weight excluding hydrogens is 799 g/mol. The Morgan fingerprint density at radius 1 is 1.00 bits per heavy atom. The summed E-state index contributed by atoms with van der Waals surface area (Å²) in [5.41, 5.74) is 6.83. The van der Waals surface area contributed by atoms with Crippen molar-refractivity contribution in [3.05, 3.63) is 103 Å². The van der Waals surface area contributed by atoms with Gasteiger partial charge in [-0.3, -0.25) is 14.4 Å². The lowest BCUT2D eigenvalue weighted by Crippen LogP contribution is -2.55. The second kappa shape index (κ2) is 18.4. The first-order chi connectivity index (χ1) is 29.0. The molecular formula is C46H55N5O9S. The van der Waals surface area contributed by atoms with E-state index in [1.807, 2.05) is 54.6 Å². The van der Waals surface area contributed by atoms with E-state index in [4.69, 9.17) is 19.9 Å². The number of alkyl carbamates (subject to hydrolysis) is 1. The van der Waals surface area contributed by atoms with Crippen LogP contribution in [0.1, 0.15) is 52.5 Å². The van der Waals surface area contributed by atoms with Crippen LogP contribution in [0, 0.1) is 11.3 Å². The Bertz CT molecular complexity index is 2390. The molecule has 2 aliphatic rings. The molecule has 0 aromatic heterocycles. The number of amides is 4. The van der Waals surface area contributed by atoms with Crippen molar-refractivity contribution >= 4 is 44.6 Å². The predicted octanol–water partition coefficient (Wildman–Crippen LogP) is 5.48. The minimum Gasteiger partial charge on any atom is -0.497 e. The van der Waals surface area contributed by atoms with Gasteiger partial charge in [0.1, 0.15) is 35.3 Å². The van der Waals surface area contributed by atoms with Gasteiger partial charge in [-0.05, 0) is 111 Å². The number of rotatable bonds is 16. The van der Waals surface area contributed by atoms with E-state index >= 15 is 0 Å². The third kappa shape index (κ3) is 10.0. The molecule has 61 heavy (non-hydrogen) atoms. The Labute approximate surface area is 357 Å². The zero-order valence-corrected chi connectivity index (χ0v) is 36.1. The van der Waals surface area contributed by atoms with Crippen LogP contribution in [-0.4, -0.2) is 87.7 Å². The van der Waals surface area contributed by atoms with Gasteiger partial charge in [0, 0.05) is 18.4 Å². The summed E-state index contributed by atoms with van der Waals surface area (Å²) in [5, 5.41) is 7.25. The van der Waals surface area contributed by atoms with Crippen molar-refractivity contribution in [1.82, 2.24) is 20.3 Å². The topological polar surface area (TPSA) is 195 Å². The average molecular weight is 854 g/mol. The molecule has 6 rings (SSSR count). The van der Waals surface area contributed by atoms with Crippen LogP contribution in [0.2, 0.25) is 0 Å². The van der Waals surface area contributed by atoms with Crippen LogP contribution in [0.25, 0.3) is 21.9 Å². The SMILES string of the molecule is C=CC1CC1(CNC(=O)C1CC(Oc2cc(-c3ccccc3)c(CC)c3cc(OC)ccc23)CN1C(=O)C(CCN)NC(=O)OC(C)(C)C)C(=O)NS(=O)(=O)c1ccccc1. The molecule has 5 N–H and O–H groups in total. The molecule has 5 atom stereocenters. The smallest absolute Gasteiger partial charge is 0.408 e. The number of methoxy groups -OCH3 is 1. The number of allylic oxidation sites excluding steroid dienone is 1. The van der Waals surface area contributed by atoms with Crippen LogP contribution < -0.4 is 30.6 Å². The first kappa shape index (κ1) is 44.6. The molecule has 0 radical (unpaired) electrons. The summed E-state index contributed by atoms with van der Waals surface area (Å²) in [4.78, 5) is 56.8. The highest BCUT2D eigenvalue weighted by Crippen LogP contribution is 2.53. The number of aryl methyl sites for hydroxylation is 1. The van der Waals surface area contributed by atoms with E-state index < -0.39 is 69.0 Å². The zero-order chi connectivity index (χ0) is 44.1. The average Bonchev–Trinajstić information content (AvgIpc) is 3.82. The number of carbonyl (C=O) groups excluding carboxylic acids is 4. The van der Waals surface area contributed by atoms with E-state index in [-0.39, 0.29) is 43.8 Å². The van der Waals surface area contributed by atoms with Crippen LogP contribution in [0.4, 0.5) is 4.79 Å². The number of nitrogens with two attached hydrogens (primary N) is 1. The van der Waals surface area contributed by atoms with Crippen molar-refractivity contribution < 1.29 is 41.8 Å². The van der Waals surface area contributed by atoms with E-state index in [9.17, 15) is 27.6 Å². The maximum Gasteiger partial charge on any atom is 0.408 e. The van der Waals surface area contributed by atoms with Gasteiger partial charge in [0.25, 0.3) is 10.0 Å². The molecule has 1 aliphatic carbocycles. The Hall–Kier alpha value is -5.93. The lowest BCUT2D eigenvalue weighted by molar-refractivity contribution is -0.140. The largest absolute Gasteiger partial charge is 0.497 e. The molecule has 0 bridgehead atoms. The number of hydrogen-bond acceptors (Lipinski definition) is 10. The van der Waals surface area contributed by atoms with E-state index in [1.54, 1.807) is 52.2 Å². The van der Waals surface area contributed by atoms with Gasteiger partial charge in [0.2, 0.25) is 17.7 Å². The maximum atomic E-state index is 14.5. The highest BCUT2D eigenvalue weighted by Gasteiger charge is 2.59. The predicted molar refractivity (Wildman–Crippen MR) is 232 cm³/mol. The van der Waals surface area contributed by atoms with Crippen molar-refractivity contribution in [3.63, 3.8) is 0 Å². The summed E-state index contributed by atoms with van der Waals surface area (Å²) in [6.45, 7) is 10.8. The molecule has 1 saturated carbocycles. The fourth-order valence-corrected chi connectivity index (χ4v) is 9.05. The fraction of sp³-hybridized carbons (Fsp3) is 0.391. The van der Waals surface area contributed by atoms with Crippen molar-refractivity contribution in [2.45, 2.75) is 82.1 Å². The van der Waals surface area contributed by atoms with Gasteiger partial charge >= 0.3 is 6.09 Å². The minimum atomic E-state index is -4.21. The molecule has 1 saturated heterocycles. The number of ether oxygens (including phenoxy) is 3. The lowest BCUT2D eigenvalue weighted by Gasteiger charge is -2.29. The molecule has 2 fully saturated rings. The number of fused-ring (bicyclic) bond motifs is 1. The molecule has 0 spiro atoms. The third-order valence-corrected chi connectivity index (χ3v) is 12.5. The number of sulfonamides is 1. The molecule has 14 nitrogen and oxygen atoms in total. The summed E-state index contributed by atoms with van der Waals surface area (Å²) in [5.74, 6) is -1.13. The summed E-state index contributed by atoms with van der Waals surface area (Å²) in [6.07, 6.45) is 1.13. The minimum absolute atomic E-state index is 0.0297. The van der Waals surface area contributed by atoms with Gasteiger partial charge < -0.3 is 35.5 Å². The van der Waals surface area contributed by atoms with Crippen molar-refractivity contribution in [2.24, 2.45) is 17.1 Å². The molecule has 5 unspecified atom stereocenters. The molecule has 324 valence electrons. The number of carbonyl (C=O) groups is 4. The Balaban J connectivity index is 1.31. The second-order valence-corrected chi connectivity index (χ2v) is 18.1. The van der Waals surface area contributed by atoms with Crippen molar-refractivity contribution in [1.29, 1.82) is 0 Å². The molecule has 1 heterocycles. The van der Waals surface area contributed by atoms with E-state index in [0.717, 1.165) is 33.9 Å². The van der Waals surface area contributed by atoms with Crippen LogP contribution in [0.15, 0.2) is 102 Å². The van der Waals surface area contributed by atoms with Crippen LogP contribution in [0.3, 0.4) is 0 Å². The first-order valence-corrected chi connectivity index (χ1v) is 21.9. The van der Waals surface area contributed by atoms with Gasteiger partial charge in [-0.2, -0.15) is 0 Å². The monoisotopic (exact) mass is 853 g/mol. The molecule has 15 heteroatoms. The highest BCUT2D eigenvalue weighted by atomic mass is 32.2. The van der Waals surface area contributed by atoms with Crippen LogP contribution >= 0.6 is 0 Å². The summed E-state index contributed by atoms with van der Waals surface area (Å²) in [6, 6.07) is 22.9. The zero-order valence-electron chi connectivity index (χ0n) is 35.2. The van der Waals surface area contributed by atoms with Gasteiger partial charge in [0.15, 0.2) is 0 Å². The van der Waals surface area contributed by atoms with Crippen molar-refractivity contribution in [2.75, 3.05) is 26.7 Å². The number of hydrogen-bond donors (Lipinski definition) is 4. The summed E-state index contributed by atoms with van der Waals surface area (Å²) in [7, 11) is -2.60. The van der Waals surface area contributed by atoms with Crippen molar-refractivity contribution in [3.8, 4) is 22.6 Å². The maximum absolute atomic E-state index is 14.5. The Kier molecular flexibility index (Phi) is 13.4. The normalized spacial score (nSPS) is 20.3. The van der Waals surface area contributed by atoms with Crippen LogP contribution in [-0.2, 0) is 35.6 Å². The Morgan fingerprint density at radius 2 is 1.69 bits per heavy atom. The number of benzene rings is 4. The van der Waals surface area contributed by atoms with E-state index in [1.165, 1.54) is 17.0 Å². The standard InChI is InChI=1S/C46H55N5O9S/c1-7-30-26-46(30,43(54)50-61(56,57)33-17-13-10-14-18-33)28-48-41(52)39-24-32(27-51(39)42(53)38(21-22-47)49-44(55)60-45(3,4)5)59-40-25-36(29-15-11-9-12-16-29)34(8-2)37-23-31(58-6)19-20-35(37)40/h7,9-20,23,25,30,32,38-39H,1,8,21-22,24,26-28,47H2,2-6H3,(H,48,52)(H,49,55)(H,50,54). The molecule has 4 amide bonds. The Morgan fingerprint density at radius 3 is 2.30 bits per heavy atom. The third-order valence-electron chi connectivity index (χ3n) is 11.2. The quantitative estimate of drug-likeness (QED) is 0.105. The number of nitrogens with one attached hydrogen (secondary N) is 3. The molecule has 1 aliphatic heterocycles. The first-order valence-electron chi connectivity index (χ1n) is 20.4. The van der Waals surface area contributed by atoms with Gasteiger partial charge in [0.05, 0.1) is 24.0 Å². The number of likely N-dealkylation sites (tertiary alicyclic amines) is 1. The molecule has 4 aromatic carbocycles.